The summed E-state index contributed by atoms with van der Waals surface area (Å²) in [7, 11) is 0. The maximum absolute atomic E-state index is 14.3. The molecular formula is C28H34ClFN6O. The number of carbonyl (C=O) groups is 1. The number of carbonyl (C=O) groups excluding carboxylic acids is 1. The van der Waals surface area contributed by atoms with E-state index in [-0.39, 0.29) is 22.3 Å². The molecule has 4 rings (SSSR count). The lowest BCUT2D eigenvalue weighted by Crippen LogP contribution is -2.39. The molecule has 0 radical (unpaired) electrons. The quantitative estimate of drug-likeness (QED) is 0.305. The second-order valence-electron chi connectivity index (χ2n) is 9.62. The number of nitrogens with one attached hydrogen (secondary N) is 2. The molecule has 1 fully saturated rings. The zero-order valence-electron chi connectivity index (χ0n) is 21.3. The van der Waals surface area contributed by atoms with Gasteiger partial charge in [0.2, 0.25) is 0 Å². The van der Waals surface area contributed by atoms with Crippen molar-refractivity contribution in [1.82, 2.24) is 25.2 Å². The highest BCUT2D eigenvalue weighted by Gasteiger charge is 2.23. The summed E-state index contributed by atoms with van der Waals surface area (Å²) in [6.07, 6.45) is 11.6. The van der Waals surface area contributed by atoms with Gasteiger partial charge in [0.1, 0.15) is 11.6 Å². The molecule has 2 aliphatic rings. The number of anilines is 2. The van der Waals surface area contributed by atoms with Crippen LogP contribution in [0.3, 0.4) is 0 Å². The molecule has 1 atom stereocenters. The maximum Gasteiger partial charge on any atom is 0.254 e. The highest BCUT2D eigenvalue weighted by molar-refractivity contribution is 6.31. The average molecular weight is 525 g/mol. The number of pyridine rings is 1. The monoisotopic (exact) mass is 524 g/mol. The number of halogens is 2. The zero-order valence-corrected chi connectivity index (χ0v) is 22.1. The summed E-state index contributed by atoms with van der Waals surface area (Å²) in [4.78, 5) is 28.9. The van der Waals surface area contributed by atoms with Crippen LogP contribution in [-0.4, -0.2) is 51.4 Å². The van der Waals surface area contributed by atoms with E-state index in [4.69, 9.17) is 11.6 Å². The Morgan fingerprint density at radius 3 is 2.86 bits per heavy atom. The van der Waals surface area contributed by atoms with Crippen molar-refractivity contribution < 1.29 is 9.18 Å². The molecule has 3 heterocycles. The zero-order chi connectivity index (χ0) is 26.4. The topological polar surface area (TPSA) is 83.0 Å². The molecule has 1 aliphatic carbocycles. The van der Waals surface area contributed by atoms with Gasteiger partial charge in [-0.25, -0.2) is 14.4 Å². The SMILES string of the molecule is C=C(Cl)/C=C(\C(=C)F)c1nc2c(c(Nc3ccncc3C(=O)NCCCN3CCCCC3C)n1)CCC2. The molecule has 0 aromatic carbocycles. The number of aryl methyl sites for hydroxylation is 1. The van der Waals surface area contributed by atoms with Crippen molar-refractivity contribution in [2.45, 2.75) is 57.9 Å². The van der Waals surface area contributed by atoms with Gasteiger partial charge in [0, 0.05) is 47.8 Å². The number of rotatable bonds is 10. The Labute approximate surface area is 222 Å². The molecule has 2 aromatic rings. The first-order valence-electron chi connectivity index (χ1n) is 12.9. The second-order valence-corrected chi connectivity index (χ2v) is 10.1. The Hall–Kier alpha value is -3.10. The normalized spacial score (nSPS) is 17.8. The molecule has 7 nitrogen and oxygen atoms in total. The predicted octanol–water partition coefficient (Wildman–Crippen LogP) is 5.72. The van der Waals surface area contributed by atoms with Gasteiger partial charge in [0.05, 0.1) is 16.8 Å². The number of hydrogen-bond acceptors (Lipinski definition) is 6. The lowest BCUT2D eigenvalue weighted by Gasteiger charge is -2.33. The Morgan fingerprint density at radius 1 is 1.27 bits per heavy atom. The molecule has 1 unspecified atom stereocenters. The van der Waals surface area contributed by atoms with Crippen molar-refractivity contribution in [1.29, 1.82) is 0 Å². The van der Waals surface area contributed by atoms with Crippen LogP contribution in [0.25, 0.3) is 5.57 Å². The van der Waals surface area contributed by atoms with E-state index in [1.807, 2.05) is 0 Å². The second kappa shape index (κ2) is 12.4. The first-order chi connectivity index (χ1) is 17.8. The number of amides is 1. The highest BCUT2D eigenvalue weighted by Crippen LogP contribution is 2.32. The standard InChI is InChI=1S/C28H34ClFN6O/c1-18(29)16-22(20(3)30)27-33-24-10-6-9-21(24)26(35-27)34-25-11-13-31-17-23(25)28(37)32-12-7-15-36-14-5-4-8-19(36)2/h11,13,16-17,19H,1,3-10,12,14-15H2,2H3,(H,32,37)(H,31,33,34,35)/b22-16+. The minimum Gasteiger partial charge on any atom is -0.352 e. The van der Waals surface area contributed by atoms with E-state index >= 15 is 0 Å². The average Bonchev–Trinajstić information content (AvgIpc) is 3.35. The first-order valence-corrected chi connectivity index (χ1v) is 13.3. The summed E-state index contributed by atoms with van der Waals surface area (Å²) in [6.45, 7) is 12.0. The third-order valence-electron chi connectivity index (χ3n) is 6.93. The van der Waals surface area contributed by atoms with Gasteiger partial charge in [0.25, 0.3) is 5.91 Å². The number of allylic oxidation sites excluding steroid dienone is 4. The molecule has 9 heteroatoms. The minimum absolute atomic E-state index is 0.0773. The van der Waals surface area contributed by atoms with Crippen LogP contribution in [0.1, 0.15) is 66.5 Å². The van der Waals surface area contributed by atoms with Crippen molar-refractivity contribution in [2.24, 2.45) is 0 Å². The summed E-state index contributed by atoms with van der Waals surface area (Å²) in [5, 5.41) is 6.47. The van der Waals surface area contributed by atoms with Crippen molar-refractivity contribution in [3.63, 3.8) is 0 Å². The number of fused-ring (bicyclic) bond motifs is 1. The molecule has 37 heavy (non-hydrogen) atoms. The molecule has 1 aliphatic heterocycles. The fourth-order valence-electron chi connectivity index (χ4n) is 4.96. The third-order valence-corrected chi connectivity index (χ3v) is 7.04. The van der Waals surface area contributed by atoms with Crippen molar-refractivity contribution in [3.05, 3.63) is 71.2 Å². The van der Waals surface area contributed by atoms with Gasteiger partial charge in [-0.1, -0.05) is 31.2 Å². The fraction of sp³-hybridized carbons (Fsp3) is 0.429. The van der Waals surface area contributed by atoms with Crippen LogP contribution < -0.4 is 10.6 Å². The number of hydrogen-bond donors (Lipinski definition) is 2. The predicted molar refractivity (Wildman–Crippen MR) is 147 cm³/mol. The van der Waals surface area contributed by atoms with Gasteiger partial charge in [0.15, 0.2) is 5.82 Å². The summed E-state index contributed by atoms with van der Waals surface area (Å²) < 4.78 is 14.3. The number of likely N-dealkylation sites (tertiary alicyclic amines) is 1. The van der Waals surface area contributed by atoms with E-state index in [0.717, 1.165) is 50.0 Å². The lowest BCUT2D eigenvalue weighted by molar-refractivity contribution is 0.0949. The van der Waals surface area contributed by atoms with Gasteiger partial charge >= 0.3 is 0 Å². The molecule has 0 bridgehead atoms. The van der Waals surface area contributed by atoms with Crippen LogP contribution in [0, 0.1) is 0 Å². The number of aromatic nitrogens is 3. The van der Waals surface area contributed by atoms with Crippen LogP contribution in [0.2, 0.25) is 0 Å². The largest absolute Gasteiger partial charge is 0.352 e. The molecule has 1 amide bonds. The highest BCUT2D eigenvalue weighted by atomic mass is 35.5. The van der Waals surface area contributed by atoms with E-state index in [1.54, 1.807) is 18.5 Å². The van der Waals surface area contributed by atoms with Gasteiger partial charge in [-0.2, -0.15) is 0 Å². The number of nitrogens with zero attached hydrogens (tertiary/aromatic N) is 4. The molecule has 2 N–H and O–H groups in total. The van der Waals surface area contributed by atoms with E-state index < -0.39 is 5.83 Å². The summed E-state index contributed by atoms with van der Waals surface area (Å²) in [5.74, 6) is -0.202. The Balaban J connectivity index is 1.50. The molecule has 2 aromatic heterocycles. The molecular weight excluding hydrogens is 491 g/mol. The van der Waals surface area contributed by atoms with Gasteiger partial charge in [-0.15, -0.1) is 0 Å². The fourth-order valence-corrected chi connectivity index (χ4v) is 5.07. The Bertz CT molecular complexity index is 1210. The van der Waals surface area contributed by atoms with Gasteiger partial charge in [-0.05, 0) is 64.1 Å². The first kappa shape index (κ1) is 26.9. The van der Waals surface area contributed by atoms with E-state index in [9.17, 15) is 9.18 Å². The Morgan fingerprint density at radius 2 is 2.11 bits per heavy atom. The van der Waals surface area contributed by atoms with E-state index in [1.165, 1.54) is 25.3 Å². The van der Waals surface area contributed by atoms with Crippen LogP contribution in [0.5, 0.6) is 0 Å². The van der Waals surface area contributed by atoms with Gasteiger partial charge in [-0.3, -0.25) is 9.78 Å². The Kier molecular flexibility index (Phi) is 9.05. The van der Waals surface area contributed by atoms with E-state index in [0.29, 0.717) is 29.7 Å². The van der Waals surface area contributed by atoms with Crippen LogP contribution >= 0.6 is 11.6 Å². The van der Waals surface area contributed by atoms with Crippen LogP contribution in [0.15, 0.2) is 48.6 Å². The van der Waals surface area contributed by atoms with Crippen molar-refractivity contribution >= 4 is 34.6 Å². The summed E-state index contributed by atoms with van der Waals surface area (Å²) >= 11 is 5.91. The van der Waals surface area contributed by atoms with Gasteiger partial charge < -0.3 is 15.5 Å². The maximum atomic E-state index is 14.3. The number of piperidine rings is 1. The van der Waals surface area contributed by atoms with E-state index in [2.05, 4.69) is 50.6 Å². The van der Waals surface area contributed by atoms with Crippen molar-refractivity contribution in [3.8, 4) is 0 Å². The van der Waals surface area contributed by atoms with Crippen LogP contribution in [0.4, 0.5) is 15.9 Å². The van der Waals surface area contributed by atoms with Crippen LogP contribution in [-0.2, 0) is 12.8 Å². The third kappa shape index (κ3) is 6.81. The molecule has 0 spiro atoms. The minimum atomic E-state index is -0.700. The molecule has 0 saturated carbocycles. The molecule has 1 saturated heterocycles. The summed E-state index contributed by atoms with van der Waals surface area (Å²) in [6, 6.07) is 2.34. The molecule has 196 valence electrons. The van der Waals surface area contributed by atoms with Crippen molar-refractivity contribution in [2.75, 3.05) is 25.0 Å². The smallest absolute Gasteiger partial charge is 0.254 e. The summed E-state index contributed by atoms with van der Waals surface area (Å²) in [5.41, 5.74) is 2.86. The lowest BCUT2D eigenvalue weighted by atomic mass is 10.0.